The molecule has 0 N–H and O–H groups in total. The number of hydrogen-bond donors (Lipinski definition) is 0. The molecule has 9 heteroatoms. The maximum Gasteiger partial charge on any atom is 0.255 e. The minimum Gasteiger partial charge on any atom is -0.490 e. The maximum atomic E-state index is 13.3. The lowest BCUT2D eigenvalue weighted by atomic mass is 9.94. The second-order valence-corrected chi connectivity index (χ2v) is 9.71. The van der Waals surface area contributed by atoms with Crippen LogP contribution in [-0.4, -0.2) is 43.5 Å². The van der Waals surface area contributed by atoms with Gasteiger partial charge in [0.2, 0.25) is 5.92 Å². The van der Waals surface area contributed by atoms with Gasteiger partial charge in [-0.15, -0.1) is 4.40 Å². The van der Waals surface area contributed by atoms with Gasteiger partial charge in [0.1, 0.15) is 5.75 Å². The molecule has 0 spiro atoms. The molecule has 1 aromatic rings. The molecule has 5 nitrogen and oxygen atoms in total. The van der Waals surface area contributed by atoms with Crippen LogP contribution in [-0.2, 0) is 10.0 Å². The second kappa shape index (κ2) is 7.72. The van der Waals surface area contributed by atoms with E-state index in [0.29, 0.717) is 48.0 Å². The van der Waals surface area contributed by atoms with Crippen molar-refractivity contribution in [3.05, 3.63) is 47.1 Å². The van der Waals surface area contributed by atoms with Crippen molar-refractivity contribution in [3.8, 4) is 5.75 Å². The van der Waals surface area contributed by atoms with Gasteiger partial charge in [0.25, 0.3) is 10.0 Å². The van der Waals surface area contributed by atoms with E-state index in [4.69, 9.17) is 16.3 Å². The van der Waals surface area contributed by atoms with Gasteiger partial charge >= 0.3 is 0 Å². The van der Waals surface area contributed by atoms with E-state index in [1.165, 1.54) is 0 Å². The van der Waals surface area contributed by atoms with Crippen LogP contribution in [0.2, 0.25) is 0 Å². The molecule has 0 unspecified atom stereocenters. The zero-order valence-corrected chi connectivity index (χ0v) is 17.2. The summed E-state index contributed by atoms with van der Waals surface area (Å²) in [7, 11) is -3.54. The third kappa shape index (κ3) is 4.80. The van der Waals surface area contributed by atoms with E-state index in [1.807, 2.05) is 0 Å². The largest absolute Gasteiger partial charge is 0.490 e. The molecule has 0 bridgehead atoms. The Kier molecular flexibility index (Phi) is 5.42. The van der Waals surface area contributed by atoms with E-state index in [2.05, 4.69) is 4.40 Å². The molecule has 2 aliphatic heterocycles. The lowest BCUT2D eigenvalue weighted by molar-refractivity contribution is -0.0582. The fraction of sp³-hybridized carbons (Fsp3) is 0.450. The number of fused-ring (bicyclic) bond motifs is 1. The number of alkyl halides is 2. The normalized spacial score (nSPS) is 24.0. The third-order valence-corrected chi connectivity index (χ3v) is 6.70. The topological polar surface area (TPSA) is 59.0 Å². The maximum absolute atomic E-state index is 13.3. The summed E-state index contributed by atoms with van der Waals surface area (Å²) in [6.45, 7) is 0.513. The third-order valence-electron chi connectivity index (χ3n) is 5.23. The molecule has 4 rings (SSSR count). The molecule has 0 atom stereocenters. The van der Waals surface area contributed by atoms with Crippen LogP contribution in [0.25, 0.3) is 5.57 Å². The quantitative estimate of drug-likeness (QED) is 0.688. The monoisotopic (exact) mass is 442 g/mol. The van der Waals surface area contributed by atoms with Crippen LogP contribution in [0.3, 0.4) is 0 Å². The van der Waals surface area contributed by atoms with E-state index in [0.717, 1.165) is 5.56 Å². The summed E-state index contributed by atoms with van der Waals surface area (Å²) in [5, 5.41) is 0.488. The van der Waals surface area contributed by atoms with Gasteiger partial charge < -0.3 is 9.64 Å². The zero-order valence-electron chi connectivity index (χ0n) is 15.7. The van der Waals surface area contributed by atoms with Crippen LogP contribution in [0.15, 0.2) is 46.0 Å². The van der Waals surface area contributed by atoms with E-state index in [-0.39, 0.29) is 24.7 Å². The van der Waals surface area contributed by atoms with Gasteiger partial charge in [-0.25, -0.2) is 17.2 Å². The predicted molar refractivity (Wildman–Crippen MR) is 109 cm³/mol. The van der Waals surface area contributed by atoms with Crippen molar-refractivity contribution in [3.63, 3.8) is 0 Å². The summed E-state index contributed by atoms with van der Waals surface area (Å²) < 4.78 is 60.7. The summed E-state index contributed by atoms with van der Waals surface area (Å²) in [5.74, 6) is -1.64. The number of amidine groups is 1. The second-order valence-electron chi connectivity index (χ2n) is 7.52. The highest BCUT2D eigenvalue weighted by Gasteiger charge is 2.35. The molecule has 3 aliphatic rings. The fourth-order valence-electron chi connectivity index (χ4n) is 3.72. The Labute approximate surface area is 173 Å². The molecular formula is C20H21ClF2N2O3S. The SMILES string of the molecule is O=S1(=O)CCCN2C=C(Cl)C=C(c3ccc(OC4CCC(F)(F)CC4)cc3)C2=N1. The van der Waals surface area contributed by atoms with Crippen LogP contribution in [0.4, 0.5) is 8.78 Å². The summed E-state index contributed by atoms with van der Waals surface area (Å²) in [6.07, 6.45) is 3.95. The van der Waals surface area contributed by atoms with Crippen LogP contribution >= 0.6 is 11.6 Å². The highest BCUT2D eigenvalue weighted by molar-refractivity contribution is 7.90. The standard InChI is InChI=1S/C20H21ClF2N2O3S/c21-15-12-18(19-24-29(26,27)11-1-10-25(19)13-15)14-2-4-16(5-3-14)28-17-6-8-20(22,23)9-7-17/h2-5,12-13,17H,1,6-11H2. The molecular weight excluding hydrogens is 422 g/mol. The summed E-state index contributed by atoms with van der Waals surface area (Å²) in [4.78, 5) is 1.76. The number of nitrogens with zero attached hydrogens (tertiary/aromatic N) is 2. The Morgan fingerprint density at radius 1 is 1.17 bits per heavy atom. The smallest absolute Gasteiger partial charge is 0.255 e. The molecule has 0 aromatic heterocycles. The number of ether oxygens (including phenoxy) is 1. The van der Waals surface area contributed by atoms with Gasteiger partial charge in [-0.05, 0) is 43.0 Å². The summed E-state index contributed by atoms with van der Waals surface area (Å²) in [6, 6.07) is 7.11. The molecule has 0 amide bonds. The molecule has 29 heavy (non-hydrogen) atoms. The molecule has 1 aromatic carbocycles. The highest BCUT2D eigenvalue weighted by Crippen LogP contribution is 2.35. The summed E-state index contributed by atoms with van der Waals surface area (Å²) >= 11 is 6.24. The first-order valence-electron chi connectivity index (χ1n) is 9.54. The Hall–Kier alpha value is -1.93. The first-order valence-corrected chi connectivity index (χ1v) is 11.5. The van der Waals surface area contributed by atoms with Gasteiger partial charge in [0.05, 0.1) is 16.9 Å². The Morgan fingerprint density at radius 3 is 2.55 bits per heavy atom. The number of allylic oxidation sites excluding steroid dienone is 2. The molecule has 156 valence electrons. The lowest BCUT2D eigenvalue weighted by Crippen LogP contribution is -2.30. The molecule has 1 fully saturated rings. The Bertz CT molecular complexity index is 977. The van der Waals surface area contributed by atoms with Crippen molar-refractivity contribution >= 4 is 33.0 Å². The van der Waals surface area contributed by atoms with Crippen LogP contribution < -0.4 is 4.74 Å². The van der Waals surface area contributed by atoms with E-state index < -0.39 is 15.9 Å². The molecule has 0 saturated heterocycles. The number of hydrogen-bond acceptors (Lipinski definition) is 4. The number of sulfonamides is 1. The predicted octanol–water partition coefficient (Wildman–Crippen LogP) is 4.55. The Balaban J connectivity index is 1.55. The van der Waals surface area contributed by atoms with Gasteiger partial charge in [-0.2, -0.15) is 0 Å². The highest BCUT2D eigenvalue weighted by atomic mass is 35.5. The van der Waals surface area contributed by atoms with E-state index in [9.17, 15) is 17.2 Å². The van der Waals surface area contributed by atoms with Crippen molar-refractivity contribution < 1.29 is 21.9 Å². The molecule has 1 saturated carbocycles. The zero-order chi connectivity index (χ0) is 20.6. The first-order chi connectivity index (χ1) is 13.7. The minimum atomic E-state index is -3.54. The molecule has 2 heterocycles. The van der Waals surface area contributed by atoms with Crippen LogP contribution in [0.1, 0.15) is 37.7 Å². The van der Waals surface area contributed by atoms with Crippen LogP contribution in [0.5, 0.6) is 5.75 Å². The number of halogens is 3. The van der Waals surface area contributed by atoms with E-state index >= 15 is 0 Å². The van der Waals surface area contributed by atoms with Crippen molar-refractivity contribution in [2.24, 2.45) is 4.40 Å². The van der Waals surface area contributed by atoms with Crippen LogP contribution in [0, 0.1) is 0 Å². The van der Waals surface area contributed by atoms with Gasteiger partial charge in [0, 0.05) is 31.2 Å². The number of rotatable bonds is 3. The van der Waals surface area contributed by atoms with E-state index in [1.54, 1.807) is 41.4 Å². The average molecular weight is 443 g/mol. The van der Waals surface area contributed by atoms with Gasteiger partial charge in [-0.1, -0.05) is 23.7 Å². The number of benzene rings is 1. The first kappa shape index (κ1) is 20.3. The van der Waals surface area contributed by atoms with Crippen molar-refractivity contribution in [2.75, 3.05) is 12.3 Å². The van der Waals surface area contributed by atoms with Crippen molar-refractivity contribution in [2.45, 2.75) is 44.1 Å². The van der Waals surface area contributed by atoms with Crippen molar-refractivity contribution in [1.82, 2.24) is 4.90 Å². The lowest BCUT2D eigenvalue weighted by Gasteiger charge is -2.29. The van der Waals surface area contributed by atoms with Gasteiger partial charge in [-0.3, -0.25) is 0 Å². The average Bonchev–Trinajstić information content (AvgIpc) is 2.81. The minimum absolute atomic E-state index is 0.00104. The van der Waals surface area contributed by atoms with Gasteiger partial charge in [0.15, 0.2) is 5.84 Å². The molecule has 0 radical (unpaired) electrons. The fourth-order valence-corrected chi connectivity index (χ4v) is 5.00. The van der Waals surface area contributed by atoms with Crippen molar-refractivity contribution in [1.29, 1.82) is 0 Å². The molecule has 1 aliphatic carbocycles. The Morgan fingerprint density at radius 2 is 1.86 bits per heavy atom. The summed E-state index contributed by atoms with van der Waals surface area (Å²) in [5.41, 5.74) is 1.37.